The third-order valence-corrected chi connectivity index (χ3v) is 4.89. The number of nitrogens with one attached hydrogen (secondary N) is 1. The summed E-state index contributed by atoms with van der Waals surface area (Å²) in [5.41, 5.74) is 1.31. The van der Waals surface area contributed by atoms with E-state index in [2.05, 4.69) is 24.1 Å². The Kier molecular flexibility index (Phi) is 7.76. The van der Waals surface area contributed by atoms with E-state index in [4.69, 9.17) is 11.6 Å². The van der Waals surface area contributed by atoms with Gasteiger partial charge in [0.15, 0.2) is 0 Å². The summed E-state index contributed by atoms with van der Waals surface area (Å²) in [6.07, 6.45) is -0.0371. The molecule has 7 heteroatoms. The summed E-state index contributed by atoms with van der Waals surface area (Å²) in [6, 6.07) is 13.8. The average Bonchev–Trinajstić information content (AvgIpc) is 2.66. The van der Waals surface area contributed by atoms with Gasteiger partial charge in [0.1, 0.15) is 0 Å². The number of hydrogen-bond acceptors (Lipinski definition) is 4. The van der Waals surface area contributed by atoms with Crippen molar-refractivity contribution < 1.29 is 9.72 Å². The first-order valence-electron chi connectivity index (χ1n) is 8.95. The van der Waals surface area contributed by atoms with Crippen LogP contribution >= 0.6 is 11.6 Å². The number of amides is 1. The first-order chi connectivity index (χ1) is 13.0. The summed E-state index contributed by atoms with van der Waals surface area (Å²) in [7, 11) is 0. The fourth-order valence-corrected chi connectivity index (χ4v) is 3.39. The zero-order chi connectivity index (χ0) is 19.8. The van der Waals surface area contributed by atoms with E-state index < -0.39 is 4.92 Å². The number of benzene rings is 2. The summed E-state index contributed by atoms with van der Waals surface area (Å²) in [5.74, 6) is -0.256. The molecule has 144 valence electrons. The van der Waals surface area contributed by atoms with Crippen molar-refractivity contribution >= 4 is 23.2 Å². The monoisotopic (exact) mass is 389 g/mol. The molecule has 0 aromatic heterocycles. The molecule has 0 fully saturated rings. The molecular weight excluding hydrogens is 366 g/mol. The molecule has 1 amide bonds. The maximum absolute atomic E-state index is 12.4. The van der Waals surface area contributed by atoms with E-state index in [1.807, 2.05) is 24.3 Å². The summed E-state index contributed by atoms with van der Waals surface area (Å²) in [4.78, 5) is 25.3. The van der Waals surface area contributed by atoms with Crippen molar-refractivity contribution in [3.05, 3.63) is 74.8 Å². The van der Waals surface area contributed by atoms with Crippen molar-refractivity contribution in [1.82, 2.24) is 10.2 Å². The Morgan fingerprint density at radius 1 is 1.15 bits per heavy atom. The maximum atomic E-state index is 12.4. The lowest BCUT2D eigenvalue weighted by atomic mass is 10.0. The molecule has 1 N–H and O–H groups in total. The largest absolute Gasteiger partial charge is 0.354 e. The third-order valence-electron chi connectivity index (χ3n) is 4.55. The number of carbonyl (C=O) groups is 1. The van der Waals surface area contributed by atoms with Crippen LogP contribution < -0.4 is 5.32 Å². The second-order valence-electron chi connectivity index (χ2n) is 6.13. The van der Waals surface area contributed by atoms with Crippen molar-refractivity contribution in [1.29, 1.82) is 0 Å². The Bertz CT molecular complexity index is 794. The third kappa shape index (κ3) is 5.52. The van der Waals surface area contributed by atoms with Gasteiger partial charge in [-0.3, -0.25) is 19.8 Å². The minimum atomic E-state index is -0.467. The molecule has 2 aromatic carbocycles. The van der Waals surface area contributed by atoms with Gasteiger partial charge < -0.3 is 5.32 Å². The Labute approximate surface area is 164 Å². The minimum Gasteiger partial charge on any atom is -0.354 e. The summed E-state index contributed by atoms with van der Waals surface area (Å²) < 4.78 is 0. The smallest absolute Gasteiger partial charge is 0.273 e. The topological polar surface area (TPSA) is 75.5 Å². The quantitative estimate of drug-likeness (QED) is 0.519. The fourth-order valence-electron chi connectivity index (χ4n) is 3.13. The maximum Gasteiger partial charge on any atom is 0.273 e. The Balaban J connectivity index is 2.12. The van der Waals surface area contributed by atoms with E-state index in [9.17, 15) is 14.9 Å². The molecule has 0 aliphatic carbocycles. The van der Waals surface area contributed by atoms with Crippen molar-refractivity contribution in [3.8, 4) is 0 Å². The van der Waals surface area contributed by atoms with E-state index in [1.54, 1.807) is 18.2 Å². The van der Waals surface area contributed by atoms with Gasteiger partial charge in [0, 0.05) is 23.2 Å². The number of hydrogen-bond donors (Lipinski definition) is 1. The lowest BCUT2D eigenvalue weighted by molar-refractivity contribution is -0.385. The average molecular weight is 390 g/mol. The van der Waals surface area contributed by atoms with Gasteiger partial charge >= 0.3 is 0 Å². The number of nitro groups is 1. The number of nitro benzene ring substituents is 1. The van der Waals surface area contributed by atoms with Crippen LogP contribution in [0.2, 0.25) is 5.02 Å². The molecule has 0 saturated carbocycles. The van der Waals surface area contributed by atoms with Crippen LogP contribution in [-0.4, -0.2) is 35.4 Å². The predicted octanol–water partition coefficient (Wildman–Crippen LogP) is 3.99. The molecule has 2 rings (SSSR count). The highest BCUT2D eigenvalue weighted by Gasteiger charge is 2.22. The highest BCUT2D eigenvalue weighted by molar-refractivity contribution is 6.31. The number of halogens is 1. The normalized spacial score (nSPS) is 12.0. The second kappa shape index (κ2) is 10.0. The van der Waals surface area contributed by atoms with Gasteiger partial charge in [-0.15, -0.1) is 0 Å². The number of likely N-dealkylation sites (N-methyl/N-ethyl adjacent to an activating group) is 1. The molecule has 27 heavy (non-hydrogen) atoms. The molecule has 0 aliphatic rings. The van der Waals surface area contributed by atoms with Crippen molar-refractivity contribution in [2.75, 3.05) is 19.6 Å². The van der Waals surface area contributed by atoms with Gasteiger partial charge in [0.25, 0.3) is 5.69 Å². The number of carbonyl (C=O) groups excluding carboxylic acids is 1. The van der Waals surface area contributed by atoms with Crippen LogP contribution in [-0.2, 0) is 11.2 Å². The van der Waals surface area contributed by atoms with Crippen molar-refractivity contribution in [3.63, 3.8) is 0 Å². The van der Waals surface area contributed by atoms with E-state index >= 15 is 0 Å². The standard InChI is InChI=1S/C20H24ClN3O3/c1-3-23(4-2)19(16-10-6-7-11-17(16)21)14-22-20(25)13-15-9-5-8-12-18(15)24(26)27/h5-12,19H,3-4,13-14H2,1-2H3,(H,22,25). The highest BCUT2D eigenvalue weighted by Crippen LogP contribution is 2.27. The molecule has 2 aromatic rings. The van der Waals surface area contributed by atoms with Crippen LogP contribution in [0.5, 0.6) is 0 Å². The Morgan fingerprint density at radius 3 is 2.41 bits per heavy atom. The first-order valence-corrected chi connectivity index (χ1v) is 9.33. The molecule has 0 heterocycles. The van der Waals surface area contributed by atoms with Crippen LogP contribution in [0.3, 0.4) is 0 Å². The van der Waals surface area contributed by atoms with Gasteiger partial charge in [0.2, 0.25) is 5.91 Å². The number of nitrogens with zero attached hydrogens (tertiary/aromatic N) is 2. The molecule has 0 aliphatic heterocycles. The molecule has 1 unspecified atom stereocenters. The molecule has 0 radical (unpaired) electrons. The van der Waals surface area contributed by atoms with Gasteiger partial charge in [-0.1, -0.05) is 61.8 Å². The number of rotatable bonds is 9. The SMILES string of the molecule is CCN(CC)C(CNC(=O)Cc1ccccc1[N+](=O)[O-])c1ccccc1Cl. The van der Waals surface area contributed by atoms with Crippen molar-refractivity contribution in [2.45, 2.75) is 26.3 Å². The molecule has 1 atom stereocenters. The molecular formula is C20H24ClN3O3. The molecule has 6 nitrogen and oxygen atoms in total. The van der Waals surface area contributed by atoms with E-state index in [1.165, 1.54) is 6.07 Å². The van der Waals surface area contributed by atoms with Gasteiger partial charge in [-0.25, -0.2) is 0 Å². The lowest BCUT2D eigenvalue weighted by Gasteiger charge is -2.31. The molecule has 0 saturated heterocycles. The Hall–Kier alpha value is -2.44. The number of para-hydroxylation sites is 1. The molecule has 0 bridgehead atoms. The predicted molar refractivity (Wildman–Crippen MR) is 107 cm³/mol. The van der Waals surface area contributed by atoms with Crippen LogP contribution in [0.15, 0.2) is 48.5 Å². The lowest BCUT2D eigenvalue weighted by Crippen LogP contribution is -2.38. The van der Waals surface area contributed by atoms with Crippen LogP contribution in [0.4, 0.5) is 5.69 Å². The van der Waals surface area contributed by atoms with Crippen LogP contribution in [0, 0.1) is 10.1 Å². The van der Waals surface area contributed by atoms with Gasteiger partial charge in [-0.2, -0.15) is 0 Å². The van der Waals surface area contributed by atoms with E-state index in [0.29, 0.717) is 17.1 Å². The zero-order valence-corrected chi connectivity index (χ0v) is 16.3. The summed E-state index contributed by atoms with van der Waals surface area (Å²) in [5, 5.41) is 14.7. The first kappa shape index (κ1) is 20.9. The van der Waals surface area contributed by atoms with Gasteiger partial charge in [-0.05, 0) is 24.7 Å². The zero-order valence-electron chi connectivity index (χ0n) is 15.5. The highest BCUT2D eigenvalue weighted by atomic mass is 35.5. The summed E-state index contributed by atoms with van der Waals surface area (Å²) >= 11 is 6.36. The van der Waals surface area contributed by atoms with Gasteiger partial charge in [0.05, 0.1) is 17.4 Å². The van der Waals surface area contributed by atoms with Crippen molar-refractivity contribution in [2.24, 2.45) is 0 Å². The fraction of sp³-hybridized carbons (Fsp3) is 0.350. The van der Waals surface area contributed by atoms with Crippen LogP contribution in [0.25, 0.3) is 0 Å². The summed E-state index contributed by atoms with van der Waals surface area (Å²) in [6.45, 7) is 6.12. The minimum absolute atomic E-state index is 0.0371. The van der Waals surface area contributed by atoms with E-state index in [0.717, 1.165) is 18.7 Å². The van der Waals surface area contributed by atoms with Crippen LogP contribution in [0.1, 0.15) is 31.0 Å². The molecule has 0 spiro atoms. The Morgan fingerprint density at radius 2 is 1.78 bits per heavy atom. The van der Waals surface area contributed by atoms with E-state index in [-0.39, 0.29) is 24.1 Å². The second-order valence-corrected chi connectivity index (χ2v) is 6.53.